The summed E-state index contributed by atoms with van der Waals surface area (Å²) in [5.74, 6) is 0.698. The van der Waals surface area contributed by atoms with Gasteiger partial charge in [0, 0.05) is 18.7 Å². The van der Waals surface area contributed by atoms with Gasteiger partial charge in [-0.2, -0.15) is 4.37 Å². The standard InChI is InChI=1S/C12H21N3S/c1-9-10(13)14-16-11(9)15-7-4-5-12(2,3)6-8-15/h4-8H2,1-3H3,(H2,13,14). The number of anilines is 2. The summed E-state index contributed by atoms with van der Waals surface area (Å²) in [6.45, 7) is 9.08. The monoisotopic (exact) mass is 239 g/mol. The zero-order valence-electron chi connectivity index (χ0n) is 10.4. The van der Waals surface area contributed by atoms with E-state index in [-0.39, 0.29) is 0 Å². The Balaban J connectivity index is 2.14. The van der Waals surface area contributed by atoms with Gasteiger partial charge >= 0.3 is 0 Å². The minimum absolute atomic E-state index is 0.485. The molecule has 16 heavy (non-hydrogen) atoms. The third-order valence-electron chi connectivity index (χ3n) is 3.56. The van der Waals surface area contributed by atoms with Crippen LogP contribution in [-0.4, -0.2) is 17.5 Å². The largest absolute Gasteiger partial charge is 0.383 e. The van der Waals surface area contributed by atoms with E-state index in [1.54, 1.807) is 11.5 Å². The smallest absolute Gasteiger partial charge is 0.142 e. The summed E-state index contributed by atoms with van der Waals surface area (Å²) < 4.78 is 4.24. The molecule has 0 unspecified atom stereocenters. The summed E-state index contributed by atoms with van der Waals surface area (Å²) in [4.78, 5) is 2.46. The first-order valence-corrected chi connectivity index (χ1v) is 6.74. The van der Waals surface area contributed by atoms with Gasteiger partial charge in [-0.1, -0.05) is 13.8 Å². The van der Waals surface area contributed by atoms with Crippen LogP contribution < -0.4 is 10.6 Å². The maximum atomic E-state index is 5.81. The van der Waals surface area contributed by atoms with Gasteiger partial charge in [0.25, 0.3) is 0 Å². The molecule has 1 aromatic rings. The zero-order valence-corrected chi connectivity index (χ0v) is 11.2. The first-order chi connectivity index (χ1) is 7.49. The molecule has 1 aliphatic heterocycles. The van der Waals surface area contributed by atoms with Crippen molar-refractivity contribution in [3.8, 4) is 0 Å². The topological polar surface area (TPSA) is 42.1 Å². The molecule has 2 heterocycles. The van der Waals surface area contributed by atoms with Crippen molar-refractivity contribution in [3.05, 3.63) is 5.56 Å². The lowest BCUT2D eigenvalue weighted by molar-refractivity contribution is 0.325. The molecule has 0 radical (unpaired) electrons. The number of hydrogen-bond donors (Lipinski definition) is 1. The number of aromatic nitrogens is 1. The van der Waals surface area contributed by atoms with Crippen LogP contribution in [0.2, 0.25) is 0 Å². The second-order valence-electron chi connectivity index (χ2n) is 5.50. The van der Waals surface area contributed by atoms with Gasteiger partial charge in [-0.25, -0.2) is 0 Å². The van der Waals surface area contributed by atoms with E-state index in [1.165, 1.54) is 24.3 Å². The minimum atomic E-state index is 0.485. The van der Waals surface area contributed by atoms with Crippen molar-refractivity contribution in [2.75, 3.05) is 23.7 Å². The lowest BCUT2D eigenvalue weighted by atomic mass is 9.85. The van der Waals surface area contributed by atoms with Crippen LogP contribution in [0, 0.1) is 12.3 Å². The number of hydrogen-bond acceptors (Lipinski definition) is 4. The summed E-state index contributed by atoms with van der Waals surface area (Å²) in [5.41, 5.74) is 7.45. The molecule has 1 fully saturated rings. The molecule has 90 valence electrons. The lowest BCUT2D eigenvalue weighted by Gasteiger charge is -2.23. The van der Waals surface area contributed by atoms with Gasteiger partial charge in [0.15, 0.2) is 0 Å². The normalized spacial score (nSPS) is 20.8. The molecule has 1 aliphatic rings. The van der Waals surface area contributed by atoms with Crippen LogP contribution in [-0.2, 0) is 0 Å². The van der Waals surface area contributed by atoms with Gasteiger partial charge in [0.2, 0.25) is 0 Å². The van der Waals surface area contributed by atoms with Gasteiger partial charge in [-0.15, -0.1) is 0 Å². The predicted molar refractivity (Wildman–Crippen MR) is 71.1 cm³/mol. The van der Waals surface area contributed by atoms with E-state index in [0.717, 1.165) is 18.7 Å². The SMILES string of the molecule is Cc1c(N)nsc1N1CCCC(C)(C)CC1. The van der Waals surface area contributed by atoms with Crippen LogP contribution in [0.5, 0.6) is 0 Å². The fourth-order valence-corrected chi connectivity index (χ4v) is 3.12. The summed E-state index contributed by atoms with van der Waals surface area (Å²) in [6.07, 6.45) is 3.84. The molecule has 0 aliphatic carbocycles. The van der Waals surface area contributed by atoms with E-state index >= 15 is 0 Å². The number of nitrogens with zero attached hydrogens (tertiary/aromatic N) is 2. The first kappa shape index (κ1) is 11.7. The molecule has 2 rings (SSSR count). The number of nitrogens with two attached hydrogens (primary N) is 1. The van der Waals surface area contributed by atoms with Gasteiger partial charge < -0.3 is 10.6 Å². The lowest BCUT2D eigenvalue weighted by Crippen LogP contribution is -2.24. The van der Waals surface area contributed by atoms with Crippen molar-refractivity contribution in [1.29, 1.82) is 0 Å². The van der Waals surface area contributed by atoms with Crippen molar-refractivity contribution in [3.63, 3.8) is 0 Å². The van der Waals surface area contributed by atoms with E-state index in [4.69, 9.17) is 5.73 Å². The first-order valence-electron chi connectivity index (χ1n) is 5.96. The average molecular weight is 239 g/mol. The zero-order chi connectivity index (χ0) is 11.8. The highest BCUT2D eigenvalue weighted by atomic mass is 32.1. The summed E-state index contributed by atoms with van der Waals surface area (Å²) in [5, 5.41) is 1.27. The predicted octanol–water partition coefficient (Wildman–Crippen LogP) is 3.05. The highest BCUT2D eigenvalue weighted by Gasteiger charge is 2.24. The Kier molecular flexibility index (Phi) is 3.10. The molecule has 0 atom stereocenters. The summed E-state index contributed by atoms with van der Waals surface area (Å²) >= 11 is 1.54. The van der Waals surface area contributed by atoms with E-state index < -0.39 is 0 Å². The quantitative estimate of drug-likeness (QED) is 0.819. The maximum Gasteiger partial charge on any atom is 0.142 e. The van der Waals surface area contributed by atoms with Crippen LogP contribution in [0.1, 0.15) is 38.7 Å². The molecule has 3 nitrogen and oxygen atoms in total. The van der Waals surface area contributed by atoms with Crippen molar-refractivity contribution in [2.45, 2.75) is 40.0 Å². The average Bonchev–Trinajstić information content (AvgIpc) is 2.45. The van der Waals surface area contributed by atoms with Gasteiger partial charge in [0.1, 0.15) is 10.8 Å². The Morgan fingerprint density at radius 1 is 1.31 bits per heavy atom. The molecule has 0 spiro atoms. The van der Waals surface area contributed by atoms with Crippen LogP contribution in [0.25, 0.3) is 0 Å². The molecule has 1 aromatic heterocycles. The number of rotatable bonds is 1. The molecular weight excluding hydrogens is 218 g/mol. The highest BCUT2D eigenvalue weighted by Crippen LogP contribution is 2.35. The molecular formula is C12H21N3S. The van der Waals surface area contributed by atoms with Crippen LogP contribution in [0.4, 0.5) is 10.8 Å². The van der Waals surface area contributed by atoms with Crippen molar-refractivity contribution in [2.24, 2.45) is 5.41 Å². The third kappa shape index (κ3) is 2.32. The van der Waals surface area contributed by atoms with Crippen molar-refractivity contribution < 1.29 is 0 Å². The second-order valence-corrected chi connectivity index (χ2v) is 6.25. The fraction of sp³-hybridized carbons (Fsp3) is 0.750. The Morgan fingerprint density at radius 3 is 2.69 bits per heavy atom. The van der Waals surface area contributed by atoms with Gasteiger partial charge in [-0.3, -0.25) is 0 Å². The van der Waals surface area contributed by atoms with Crippen LogP contribution in [0.15, 0.2) is 0 Å². The Hall–Kier alpha value is -0.770. The summed E-state index contributed by atoms with van der Waals surface area (Å²) in [7, 11) is 0. The van der Waals surface area contributed by atoms with Gasteiger partial charge in [-0.05, 0) is 43.1 Å². The highest BCUT2D eigenvalue weighted by molar-refractivity contribution is 7.10. The van der Waals surface area contributed by atoms with Crippen molar-refractivity contribution in [1.82, 2.24) is 4.37 Å². The minimum Gasteiger partial charge on any atom is -0.383 e. The molecule has 1 saturated heterocycles. The molecule has 0 bridgehead atoms. The van der Waals surface area contributed by atoms with Crippen LogP contribution in [0.3, 0.4) is 0 Å². The molecule has 0 aromatic carbocycles. The second kappa shape index (κ2) is 4.24. The molecule has 2 N–H and O–H groups in total. The van der Waals surface area contributed by atoms with E-state index in [0.29, 0.717) is 11.2 Å². The Bertz CT molecular complexity index is 370. The Labute approximate surface area is 102 Å². The van der Waals surface area contributed by atoms with E-state index in [1.807, 2.05) is 0 Å². The fourth-order valence-electron chi connectivity index (χ4n) is 2.26. The molecule has 4 heteroatoms. The van der Waals surface area contributed by atoms with Crippen molar-refractivity contribution >= 4 is 22.4 Å². The van der Waals surface area contributed by atoms with E-state index in [2.05, 4.69) is 30.0 Å². The van der Waals surface area contributed by atoms with Gasteiger partial charge in [0.05, 0.1) is 0 Å². The Morgan fingerprint density at radius 2 is 2.06 bits per heavy atom. The molecule has 0 saturated carbocycles. The summed E-state index contributed by atoms with van der Waals surface area (Å²) in [6, 6.07) is 0. The van der Waals surface area contributed by atoms with E-state index in [9.17, 15) is 0 Å². The number of nitrogen functional groups attached to an aromatic ring is 1. The third-order valence-corrected chi connectivity index (χ3v) is 4.59. The molecule has 0 amide bonds. The maximum absolute atomic E-state index is 5.81. The van der Waals surface area contributed by atoms with Crippen LogP contribution >= 0.6 is 11.5 Å².